The Balaban J connectivity index is 1.33. The molecule has 1 saturated heterocycles. The van der Waals surface area contributed by atoms with Crippen molar-refractivity contribution >= 4 is 17.0 Å². The van der Waals surface area contributed by atoms with E-state index in [2.05, 4.69) is 46.2 Å². The molecular formula is C24H26N2O2. The minimum atomic E-state index is 0.0955. The van der Waals surface area contributed by atoms with Crippen LogP contribution in [-0.4, -0.2) is 42.5 Å². The minimum Gasteiger partial charge on any atom is -0.464 e. The van der Waals surface area contributed by atoms with Gasteiger partial charge in [-0.1, -0.05) is 54.1 Å². The lowest BCUT2D eigenvalue weighted by Crippen LogP contribution is -2.46. The van der Waals surface area contributed by atoms with Gasteiger partial charge in [-0.25, -0.2) is 0 Å². The molecule has 0 atom stereocenters. The van der Waals surface area contributed by atoms with Crippen molar-refractivity contribution in [1.82, 2.24) is 9.80 Å². The van der Waals surface area contributed by atoms with Crippen molar-refractivity contribution < 1.29 is 4.42 Å². The zero-order valence-electron chi connectivity index (χ0n) is 16.3. The van der Waals surface area contributed by atoms with Crippen LogP contribution < -0.4 is 5.43 Å². The van der Waals surface area contributed by atoms with Crippen LogP contribution in [0.1, 0.15) is 16.7 Å². The molecule has 4 nitrogen and oxygen atoms in total. The van der Waals surface area contributed by atoms with Gasteiger partial charge < -0.3 is 4.42 Å². The Kier molecular flexibility index (Phi) is 5.70. The molecule has 0 saturated carbocycles. The van der Waals surface area contributed by atoms with Gasteiger partial charge in [-0.05, 0) is 24.6 Å². The number of hydrogen-bond acceptors (Lipinski definition) is 4. The average molecular weight is 374 g/mol. The van der Waals surface area contributed by atoms with Crippen LogP contribution in [0.5, 0.6) is 0 Å². The summed E-state index contributed by atoms with van der Waals surface area (Å²) in [5.41, 5.74) is 3.82. The topological polar surface area (TPSA) is 36.7 Å². The Morgan fingerprint density at radius 2 is 1.75 bits per heavy atom. The summed E-state index contributed by atoms with van der Waals surface area (Å²) >= 11 is 0. The Labute approximate surface area is 165 Å². The Morgan fingerprint density at radius 1 is 1.00 bits per heavy atom. The van der Waals surface area contributed by atoms with Crippen molar-refractivity contribution in [2.45, 2.75) is 13.5 Å². The van der Waals surface area contributed by atoms with E-state index < -0.39 is 0 Å². The fourth-order valence-corrected chi connectivity index (χ4v) is 3.67. The quantitative estimate of drug-likeness (QED) is 0.678. The normalized spacial score (nSPS) is 16.2. The molecule has 144 valence electrons. The SMILES string of the molecule is Cc1ccc2occ(CN3CCN(CC=Cc4ccccc4)CC3)c(=O)c2c1. The first-order valence-corrected chi connectivity index (χ1v) is 9.86. The molecule has 28 heavy (non-hydrogen) atoms. The first kappa shape index (κ1) is 18.7. The van der Waals surface area contributed by atoms with Crippen molar-refractivity contribution in [3.8, 4) is 0 Å². The fraction of sp³-hybridized carbons (Fsp3) is 0.292. The minimum absolute atomic E-state index is 0.0955. The van der Waals surface area contributed by atoms with Crippen molar-refractivity contribution in [3.05, 3.63) is 87.8 Å². The molecule has 1 aliphatic heterocycles. The lowest BCUT2D eigenvalue weighted by atomic mass is 10.1. The summed E-state index contributed by atoms with van der Waals surface area (Å²) in [6.45, 7) is 7.56. The van der Waals surface area contributed by atoms with Gasteiger partial charge in [0.2, 0.25) is 0 Å². The number of benzene rings is 2. The predicted molar refractivity (Wildman–Crippen MR) is 114 cm³/mol. The first-order chi connectivity index (χ1) is 13.7. The van der Waals surface area contributed by atoms with Crippen molar-refractivity contribution in [3.63, 3.8) is 0 Å². The Morgan fingerprint density at radius 3 is 2.54 bits per heavy atom. The van der Waals surface area contributed by atoms with Crippen LogP contribution in [0.2, 0.25) is 0 Å². The Bertz CT molecular complexity index is 1020. The number of nitrogens with zero attached hydrogens (tertiary/aromatic N) is 2. The van der Waals surface area contributed by atoms with E-state index in [0.717, 1.165) is 43.9 Å². The maximum absolute atomic E-state index is 12.8. The van der Waals surface area contributed by atoms with Crippen LogP contribution in [0, 0.1) is 6.92 Å². The number of hydrogen-bond donors (Lipinski definition) is 0. The number of fused-ring (bicyclic) bond motifs is 1. The molecule has 2 aromatic carbocycles. The highest BCUT2D eigenvalue weighted by Crippen LogP contribution is 2.15. The summed E-state index contributed by atoms with van der Waals surface area (Å²) < 4.78 is 5.69. The van der Waals surface area contributed by atoms with Crippen LogP contribution >= 0.6 is 0 Å². The molecule has 0 N–H and O–H groups in total. The summed E-state index contributed by atoms with van der Waals surface area (Å²) in [7, 11) is 0. The third-order valence-electron chi connectivity index (χ3n) is 5.33. The summed E-state index contributed by atoms with van der Waals surface area (Å²) in [6, 6.07) is 16.1. The van der Waals surface area contributed by atoms with Gasteiger partial charge in [0.15, 0.2) is 5.43 Å². The molecule has 0 spiro atoms. The molecule has 1 aromatic heterocycles. The molecule has 0 unspecified atom stereocenters. The summed E-state index contributed by atoms with van der Waals surface area (Å²) in [5, 5.41) is 0.683. The van der Waals surface area contributed by atoms with Crippen molar-refractivity contribution in [2.24, 2.45) is 0 Å². The molecule has 2 heterocycles. The zero-order chi connectivity index (χ0) is 19.3. The molecule has 0 bridgehead atoms. The molecule has 3 aromatic rings. The van der Waals surface area contributed by atoms with Gasteiger partial charge in [-0.15, -0.1) is 0 Å². The maximum atomic E-state index is 12.8. The van der Waals surface area contributed by atoms with Gasteiger partial charge >= 0.3 is 0 Å². The van der Waals surface area contributed by atoms with E-state index in [0.29, 0.717) is 17.5 Å². The molecule has 1 aliphatic rings. The maximum Gasteiger partial charge on any atom is 0.197 e. The third kappa shape index (κ3) is 4.41. The van der Waals surface area contributed by atoms with E-state index in [4.69, 9.17) is 4.42 Å². The van der Waals surface area contributed by atoms with Crippen LogP contribution in [-0.2, 0) is 6.54 Å². The number of rotatable bonds is 5. The highest BCUT2D eigenvalue weighted by molar-refractivity contribution is 5.77. The zero-order valence-corrected chi connectivity index (χ0v) is 16.3. The molecular weight excluding hydrogens is 348 g/mol. The molecule has 0 radical (unpaired) electrons. The Hall–Kier alpha value is -2.69. The van der Waals surface area contributed by atoms with Gasteiger partial charge in [0.1, 0.15) is 5.58 Å². The first-order valence-electron chi connectivity index (χ1n) is 9.86. The van der Waals surface area contributed by atoms with Gasteiger partial charge in [0.25, 0.3) is 0 Å². The molecule has 4 rings (SSSR count). The van der Waals surface area contributed by atoms with E-state index in [9.17, 15) is 4.79 Å². The number of piperazine rings is 1. The molecule has 4 heteroatoms. The van der Waals surface area contributed by atoms with Gasteiger partial charge in [0.05, 0.1) is 11.6 Å². The lowest BCUT2D eigenvalue weighted by Gasteiger charge is -2.33. The van der Waals surface area contributed by atoms with E-state index in [-0.39, 0.29) is 5.43 Å². The molecule has 0 aliphatic carbocycles. The standard InChI is InChI=1S/C24H26N2O2/c1-19-9-10-23-22(16-19)24(27)21(18-28-23)17-26-14-12-25(13-15-26)11-5-8-20-6-3-2-4-7-20/h2-10,16,18H,11-15,17H2,1H3. The van der Waals surface area contributed by atoms with E-state index in [1.807, 2.05) is 31.2 Å². The van der Waals surface area contributed by atoms with Crippen molar-refractivity contribution in [1.29, 1.82) is 0 Å². The second-order valence-corrected chi connectivity index (χ2v) is 7.48. The summed E-state index contributed by atoms with van der Waals surface area (Å²) in [4.78, 5) is 17.6. The van der Waals surface area contributed by atoms with Gasteiger partial charge in [-0.2, -0.15) is 0 Å². The highest BCUT2D eigenvalue weighted by atomic mass is 16.3. The second kappa shape index (κ2) is 8.55. The summed E-state index contributed by atoms with van der Waals surface area (Å²) in [5.74, 6) is 0. The smallest absolute Gasteiger partial charge is 0.197 e. The largest absolute Gasteiger partial charge is 0.464 e. The van der Waals surface area contributed by atoms with Crippen LogP contribution in [0.15, 0.2) is 70.1 Å². The van der Waals surface area contributed by atoms with Crippen LogP contribution in [0.25, 0.3) is 17.0 Å². The van der Waals surface area contributed by atoms with Crippen molar-refractivity contribution in [2.75, 3.05) is 32.7 Å². The van der Waals surface area contributed by atoms with Gasteiger partial charge in [0, 0.05) is 44.8 Å². The highest BCUT2D eigenvalue weighted by Gasteiger charge is 2.18. The molecule has 1 fully saturated rings. The van der Waals surface area contributed by atoms with Crippen LogP contribution in [0.4, 0.5) is 0 Å². The van der Waals surface area contributed by atoms with E-state index in [1.54, 1.807) is 6.26 Å². The average Bonchev–Trinajstić information content (AvgIpc) is 2.72. The second-order valence-electron chi connectivity index (χ2n) is 7.48. The predicted octanol–water partition coefficient (Wildman–Crippen LogP) is 3.93. The fourth-order valence-electron chi connectivity index (χ4n) is 3.67. The van der Waals surface area contributed by atoms with Gasteiger partial charge in [-0.3, -0.25) is 14.6 Å². The van der Waals surface area contributed by atoms with E-state index >= 15 is 0 Å². The number of aryl methyl sites for hydroxylation is 1. The monoisotopic (exact) mass is 374 g/mol. The lowest BCUT2D eigenvalue weighted by molar-refractivity contribution is 0.136. The summed E-state index contributed by atoms with van der Waals surface area (Å²) in [6.07, 6.45) is 6.04. The van der Waals surface area contributed by atoms with Crippen LogP contribution in [0.3, 0.4) is 0 Å². The molecule has 0 amide bonds. The third-order valence-corrected chi connectivity index (χ3v) is 5.33. The van der Waals surface area contributed by atoms with E-state index in [1.165, 1.54) is 5.56 Å².